The Morgan fingerprint density at radius 2 is 2.06 bits per heavy atom. The Balaban J connectivity index is 2.55. The molecule has 0 atom stereocenters. The second-order valence-corrected chi connectivity index (χ2v) is 4.88. The molecule has 0 saturated heterocycles. The highest BCUT2D eigenvalue weighted by Gasteiger charge is 2.47. The van der Waals surface area contributed by atoms with Crippen LogP contribution in [0.5, 0.6) is 5.75 Å². The van der Waals surface area contributed by atoms with Gasteiger partial charge >= 0.3 is 5.97 Å². The highest BCUT2D eigenvalue weighted by Crippen LogP contribution is 2.46. The maximum absolute atomic E-state index is 13.7. The van der Waals surface area contributed by atoms with Crippen molar-refractivity contribution in [3.05, 3.63) is 28.0 Å². The van der Waals surface area contributed by atoms with E-state index in [-0.39, 0.29) is 11.3 Å². The molecule has 3 nitrogen and oxygen atoms in total. The molecule has 0 aliphatic heterocycles. The highest BCUT2D eigenvalue weighted by molar-refractivity contribution is 9.10. The fraction of sp³-hybridized carbons (Fsp3) is 0.364. The summed E-state index contributed by atoms with van der Waals surface area (Å²) in [6, 6.07) is 2.31. The first kappa shape index (κ1) is 11.4. The largest absolute Gasteiger partial charge is 0.507 e. The van der Waals surface area contributed by atoms with Crippen molar-refractivity contribution in [2.45, 2.75) is 24.7 Å². The summed E-state index contributed by atoms with van der Waals surface area (Å²) < 4.78 is 14.0. The van der Waals surface area contributed by atoms with Crippen LogP contribution in [0.4, 0.5) is 4.39 Å². The van der Waals surface area contributed by atoms with Crippen molar-refractivity contribution in [2.24, 2.45) is 0 Å². The normalized spacial score (nSPS) is 17.9. The molecular formula is C11H10BrFO3. The Bertz CT molecular complexity index is 455. The van der Waals surface area contributed by atoms with Crippen LogP contribution in [0.1, 0.15) is 24.8 Å². The van der Waals surface area contributed by atoms with Gasteiger partial charge in [0.1, 0.15) is 11.6 Å². The first-order valence-electron chi connectivity index (χ1n) is 4.89. The molecule has 1 fully saturated rings. The van der Waals surface area contributed by atoms with Gasteiger partial charge in [0.2, 0.25) is 0 Å². The molecule has 86 valence electrons. The second kappa shape index (κ2) is 3.73. The van der Waals surface area contributed by atoms with Crippen LogP contribution in [0.2, 0.25) is 0 Å². The van der Waals surface area contributed by atoms with Gasteiger partial charge in [0, 0.05) is 11.6 Å². The number of phenols is 1. The van der Waals surface area contributed by atoms with Crippen LogP contribution in [0, 0.1) is 5.82 Å². The quantitative estimate of drug-likeness (QED) is 0.880. The lowest BCUT2D eigenvalue weighted by Gasteiger charge is -2.38. The zero-order valence-electron chi connectivity index (χ0n) is 8.33. The average molecular weight is 289 g/mol. The van der Waals surface area contributed by atoms with Gasteiger partial charge in [0.25, 0.3) is 0 Å². The van der Waals surface area contributed by atoms with E-state index in [2.05, 4.69) is 15.9 Å². The molecule has 5 heteroatoms. The van der Waals surface area contributed by atoms with Crippen LogP contribution in [-0.4, -0.2) is 16.2 Å². The monoisotopic (exact) mass is 288 g/mol. The van der Waals surface area contributed by atoms with Crippen molar-refractivity contribution in [1.82, 2.24) is 0 Å². The Labute approximate surface area is 100 Å². The van der Waals surface area contributed by atoms with Gasteiger partial charge < -0.3 is 10.2 Å². The Kier molecular flexibility index (Phi) is 2.66. The molecule has 0 bridgehead atoms. The second-order valence-electron chi connectivity index (χ2n) is 4.02. The molecule has 16 heavy (non-hydrogen) atoms. The molecule has 1 aliphatic rings. The van der Waals surface area contributed by atoms with Crippen molar-refractivity contribution in [3.63, 3.8) is 0 Å². The molecule has 0 heterocycles. The van der Waals surface area contributed by atoms with E-state index in [1.54, 1.807) is 0 Å². The van der Waals surface area contributed by atoms with E-state index >= 15 is 0 Å². The lowest BCUT2D eigenvalue weighted by molar-refractivity contribution is -0.147. The number of aromatic hydroxyl groups is 1. The predicted molar refractivity (Wildman–Crippen MR) is 58.9 cm³/mol. The van der Waals surface area contributed by atoms with Gasteiger partial charge in [-0.15, -0.1) is 0 Å². The number of phenolic OH excluding ortho intramolecular Hbond substituents is 1. The summed E-state index contributed by atoms with van der Waals surface area (Å²) in [6.07, 6.45) is 1.66. The minimum Gasteiger partial charge on any atom is -0.507 e. The third-order valence-electron chi connectivity index (χ3n) is 3.17. The van der Waals surface area contributed by atoms with Crippen LogP contribution >= 0.6 is 15.9 Å². The molecule has 0 radical (unpaired) electrons. The van der Waals surface area contributed by atoms with Crippen molar-refractivity contribution in [1.29, 1.82) is 0 Å². The first-order valence-corrected chi connectivity index (χ1v) is 5.68. The number of carboxylic acid groups (broad SMARTS) is 1. The van der Waals surface area contributed by atoms with E-state index in [1.807, 2.05) is 0 Å². The molecule has 0 amide bonds. The average Bonchev–Trinajstić information content (AvgIpc) is 2.11. The lowest BCUT2D eigenvalue weighted by atomic mass is 9.64. The number of carbonyl (C=O) groups is 1. The van der Waals surface area contributed by atoms with E-state index in [0.29, 0.717) is 17.3 Å². The van der Waals surface area contributed by atoms with Crippen LogP contribution < -0.4 is 0 Å². The molecule has 2 rings (SSSR count). The van der Waals surface area contributed by atoms with Gasteiger partial charge in [0.05, 0.1) is 9.89 Å². The summed E-state index contributed by atoms with van der Waals surface area (Å²) >= 11 is 3.07. The zero-order valence-corrected chi connectivity index (χ0v) is 9.92. The number of benzene rings is 1. The molecule has 1 aliphatic carbocycles. The Hall–Kier alpha value is -1.10. The molecule has 1 aromatic rings. The summed E-state index contributed by atoms with van der Waals surface area (Å²) in [4.78, 5) is 11.2. The molecule has 0 aromatic heterocycles. The van der Waals surface area contributed by atoms with E-state index < -0.39 is 17.2 Å². The summed E-state index contributed by atoms with van der Waals surface area (Å²) in [6.45, 7) is 0. The number of hydrogen-bond donors (Lipinski definition) is 2. The van der Waals surface area contributed by atoms with Gasteiger partial charge in [-0.05, 0) is 34.8 Å². The third kappa shape index (κ3) is 1.50. The smallest absolute Gasteiger partial charge is 0.314 e. The predicted octanol–water partition coefficient (Wildman–Crippen LogP) is 2.80. The van der Waals surface area contributed by atoms with Crippen LogP contribution in [-0.2, 0) is 10.2 Å². The molecule has 1 saturated carbocycles. The summed E-state index contributed by atoms with van der Waals surface area (Å²) in [5.41, 5.74) is -0.962. The molecule has 1 aromatic carbocycles. The van der Waals surface area contributed by atoms with Gasteiger partial charge in [-0.3, -0.25) is 4.79 Å². The Morgan fingerprint density at radius 3 is 2.50 bits per heavy atom. The van der Waals surface area contributed by atoms with Gasteiger partial charge in [0.15, 0.2) is 0 Å². The third-order valence-corrected chi connectivity index (χ3v) is 3.80. The number of hydrogen-bond acceptors (Lipinski definition) is 2. The minimum atomic E-state index is -1.11. The molecular weight excluding hydrogens is 279 g/mol. The van der Waals surface area contributed by atoms with Crippen LogP contribution in [0.3, 0.4) is 0 Å². The zero-order chi connectivity index (χ0) is 11.9. The summed E-state index contributed by atoms with van der Waals surface area (Å²) in [7, 11) is 0. The fourth-order valence-electron chi connectivity index (χ4n) is 2.03. The topological polar surface area (TPSA) is 57.5 Å². The summed E-state index contributed by atoms with van der Waals surface area (Å²) in [5.74, 6) is -1.89. The number of rotatable bonds is 2. The first-order chi connectivity index (χ1) is 7.47. The minimum absolute atomic E-state index is 0.149. The number of carboxylic acids is 1. The van der Waals surface area contributed by atoms with Crippen molar-refractivity contribution >= 4 is 21.9 Å². The maximum Gasteiger partial charge on any atom is 0.314 e. The van der Waals surface area contributed by atoms with Crippen molar-refractivity contribution < 1.29 is 19.4 Å². The number of aliphatic carboxylic acids is 1. The van der Waals surface area contributed by atoms with Gasteiger partial charge in [-0.1, -0.05) is 6.42 Å². The van der Waals surface area contributed by atoms with Crippen LogP contribution in [0.25, 0.3) is 0 Å². The SMILES string of the molecule is O=C(O)C1(c2cc(Br)c(O)cc2F)CCC1. The summed E-state index contributed by atoms with van der Waals surface area (Å²) in [5, 5.41) is 18.5. The maximum atomic E-state index is 13.7. The van der Waals surface area contributed by atoms with Crippen molar-refractivity contribution in [2.75, 3.05) is 0 Å². The van der Waals surface area contributed by atoms with Crippen molar-refractivity contribution in [3.8, 4) is 5.75 Å². The van der Waals surface area contributed by atoms with E-state index in [0.717, 1.165) is 12.5 Å². The molecule has 2 N–H and O–H groups in total. The van der Waals surface area contributed by atoms with Gasteiger partial charge in [-0.2, -0.15) is 0 Å². The molecule has 0 spiro atoms. The Morgan fingerprint density at radius 1 is 1.44 bits per heavy atom. The van der Waals surface area contributed by atoms with E-state index in [1.165, 1.54) is 6.07 Å². The van der Waals surface area contributed by atoms with E-state index in [9.17, 15) is 19.4 Å². The number of halogens is 2. The standard InChI is InChI=1S/C11H10BrFO3/c12-7-4-6(8(13)5-9(7)14)11(10(15)16)2-1-3-11/h4-5,14H,1-3H2,(H,15,16). The van der Waals surface area contributed by atoms with Crippen LogP contribution in [0.15, 0.2) is 16.6 Å². The lowest BCUT2D eigenvalue weighted by Crippen LogP contribution is -2.43. The van der Waals surface area contributed by atoms with Gasteiger partial charge in [-0.25, -0.2) is 4.39 Å². The van der Waals surface area contributed by atoms with E-state index in [4.69, 9.17) is 0 Å². The molecule has 0 unspecified atom stereocenters. The highest BCUT2D eigenvalue weighted by atomic mass is 79.9. The fourth-order valence-corrected chi connectivity index (χ4v) is 2.38.